The van der Waals surface area contributed by atoms with E-state index in [1.54, 1.807) is 25.5 Å². The number of furan rings is 2. The van der Waals surface area contributed by atoms with Crippen molar-refractivity contribution >= 4 is 16.9 Å². The Morgan fingerprint density at radius 1 is 1.26 bits per heavy atom. The Morgan fingerprint density at radius 2 is 2.11 bits per heavy atom. The van der Waals surface area contributed by atoms with Crippen LogP contribution in [0.1, 0.15) is 22.4 Å². The number of carbonyl (C=O) groups is 1. The molecular weight excluding hydrogens is 348 g/mol. The van der Waals surface area contributed by atoms with Crippen molar-refractivity contribution in [1.29, 1.82) is 0 Å². The summed E-state index contributed by atoms with van der Waals surface area (Å²) in [7, 11) is 1.58. The highest BCUT2D eigenvalue weighted by Crippen LogP contribution is 2.28. The molecule has 1 aliphatic rings. The maximum absolute atomic E-state index is 12.7. The Morgan fingerprint density at radius 3 is 2.85 bits per heavy atom. The van der Waals surface area contributed by atoms with E-state index in [-0.39, 0.29) is 17.7 Å². The van der Waals surface area contributed by atoms with Crippen LogP contribution in [0.5, 0.6) is 5.75 Å². The second-order valence-corrected chi connectivity index (χ2v) is 6.38. The summed E-state index contributed by atoms with van der Waals surface area (Å²) in [5.41, 5.74) is 0.570. The fourth-order valence-corrected chi connectivity index (χ4v) is 3.37. The van der Waals surface area contributed by atoms with Crippen LogP contribution in [0.2, 0.25) is 0 Å². The number of methoxy groups -OCH3 is 1. The van der Waals surface area contributed by atoms with Crippen LogP contribution in [0.15, 0.2) is 51.5 Å². The van der Waals surface area contributed by atoms with Crippen LogP contribution in [0, 0.1) is 0 Å². The zero-order valence-corrected chi connectivity index (χ0v) is 15.1. The van der Waals surface area contributed by atoms with Crippen molar-refractivity contribution < 1.29 is 23.1 Å². The number of benzene rings is 1. The van der Waals surface area contributed by atoms with E-state index < -0.39 is 0 Å². The topological polar surface area (TPSA) is 77.1 Å². The van der Waals surface area contributed by atoms with Gasteiger partial charge < -0.3 is 23.6 Å². The summed E-state index contributed by atoms with van der Waals surface area (Å²) < 4.78 is 22.0. The molecule has 2 aromatic heterocycles. The monoisotopic (exact) mass is 370 g/mol. The van der Waals surface area contributed by atoms with Crippen LogP contribution < -0.4 is 10.1 Å². The van der Waals surface area contributed by atoms with Crippen molar-refractivity contribution in [3.63, 3.8) is 0 Å². The molecule has 0 spiro atoms. The lowest BCUT2D eigenvalue weighted by molar-refractivity contribution is 0.0117. The van der Waals surface area contributed by atoms with Gasteiger partial charge >= 0.3 is 0 Å². The third-order valence-corrected chi connectivity index (χ3v) is 4.77. The third-order valence-electron chi connectivity index (χ3n) is 4.77. The van der Waals surface area contributed by atoms with Crippen molar-refractivity contribution in [1.82, 2.24) is 10.2 Å². The zero-order chi connectivity index (χ0) is 18.6. The number of hydrogen-bond acceptors (Lipinski definition) is 6. The number of carbonyl (C=O) groups excluding carboxylic acids is 1. The normalized spacial score (nSPS) is 16.3. The van der Waals surface area contributed by atoms with Gasteiger partial charge in [0.1, 0.15) is 5.76 Å². The van der Waals surface area contributed by atoms with Gasteiger partial charge in [0.2, 0.25) is 0 Å². The quantitative estimate of drug-likeness (QED) is 0.719. The summed E-state index contributed by atoms with van der Waals surface area (Å²) in [6, 6.07) is 11.0. The molecule has 0 saturated carbocycles. The van der Waals surface area contributed by atoms with Gasteiger partial charge in [-0.25, -0.2) is 0 Å². The molecule has 27 heavy (non-hydrogen) atoms. The number of ether oxygens (including phenoxy) is 2. The third kappa shape index (κ3) is 3.70. The molecule has 1 saturated heterocycles. The summed E-state index contributed by atoms with van der Waals surface area (Å²) in [4.78, 5) is 14.9. The SMILES string of the molecule is COc1cccc2cc(C(=O)NC[C@@H](c3ccco3)N3CCOCC3)oc12. The first kappa shape index (κ1) is 17.6. The molecule has 7 nitrogen and oxygen atoms in total. The predicted molar refractivity (Wildman–Crippen MR) is 98.9 cm³/mol. The second kappa shape index (κ2) is 7.85. The van der Waals surface area contributed by atoms with Gasteiger partial charge in [-0.1, -0.05) is 12.1 Å². The lowest BCUT2D eigenvalue weighted by atomic mass is 10.1. The molecule has 1 amide bonds. The molecule has 1 aliphatic heterocycles. The maximum Gasteiger partial charge on any atom is 0.287 e. The number of nitrogens with zero attached hydrogens (tertiary/aromatic N) is 1. The van der Waals surface area contributed by atoms with Crippen molar-refractivity contribution in [3.05, 3.63) is 54.2 Å². The first-order valence-corrected chi connectivity index (χ1v) is 8.96. The summed E-state index contributed by atoms with van der Waals surface area (Å²) in [5, 5.41) is 3.80. The summed E-state index contributed by atoms with van der Waals surface area (Å²) in [6.45, 7) is 3.36. The van der Waals surface area contributed by atoms with Crippen LogP contribution in [-0.4, -0.2) is 50.8 Å². The van der Waals surface area contributed by atoms with Gasteiger partial charge in [-0.15, -0.1) is 0 Å². The standard InChI is InChI=1S/C20H22N2O5/c1-24-17-5-2-4-14-12-18(27-19(14)17)20(23)21-13-15(16-6-3-9-26-16)22-7-10-25-11-8-22/h2-6,9,12,15H,7-8,10-11,13H2,1H3,(H,21,23)/t15-/m0/s1. The van der Waals surface area contributed by atoms with Crippen molar-refractivity contribution in [2.45, 2.75) is 6.04 Å². The fraction of sp³-hybridized carbons (Fsp3) is 0.350. The van der Waals surface area contributed by atoms with Gasteiger partial charge in [0, 0.05) is 25.0 Å². The summed E-state index contributed by atoms with van der Waals surface area (Å²) >= 11 is 0. The number of fused-ring (bicyclic) bond motifs is 1. The highest BCUT2D eigenvalue weighted by Gasteiger charge is 2.26. The van der Waals surface area contributed by atoms with Gasteiger partial charge in [-0.2, -0.15) is 0 Å². The smallest absolute Gasteiger partial charge is 0.287 e. The van der Waals surface area contributed by atoms with Gasteiger partial charge in [0.25, 0.3) is 5.91 Å². The molecule has 7 heteroatoms. The Hall–Kier alpha value is -2.77. The van der Waals surface area contributed by atoms with Gasteiger partial charge in [-0.05, 0) is 24.3 Å². The van der Waals surface area contributed by atoms with Gasteiger partial charge in [0.15, 0.2) is 17.1 Å². The molecule has 0 aliphatic carbocycles. The molecule has 3 heterocycles. The first-order chi connectivity index (χ1) is 13.3. The van der Waals surface area contributed by atoms with E-state index in [4.69, 9.17) is 18.3 Å². The number of amides is 1. The molecule has 3 aromatic rings. The molecule has 4 rings (SSSR count). The fourth-order valence-electron chi connectivity index (χ4n) is 3.37. The molecule has 1 atom stereocenters. The molecule has 1 N–H and O–H groups in total. The average molecular weight is 370 g/mol. The largest absolute Gasteiger partial charge is 0.493 e. The summed E-state index contributed by atoms with van der Waals surface area (Å²) in [5.74, 6) is 1.42. The zero-order valence-electron chi connectivity index (χ0n) is 15.1. The Balaban J connectivity index is 1.49. The molecule has 1 fully saturated rings. The highest BCUT2D eigenvalue weighted by molar-refractivity contribution is 5.97. The minimum Gasteiger partial charge on any atom is -0.493 e. The van der Waals surface area contributed by atoms with Crippen LogP contribution in [0.3, 0.4) is 0 Å². The minimum absolute atomic E-state index is 0.0493. The van der Waals surface area contributed by atoms with Crippen LogP contribution in [0.4, 0.5) is 0 Å². The molecule has 0 radical (unpaired) electrons. The first-order valence-electron chi connectivity index (χ1n) is 8.96. The van der Waals surface area contributed by atoms with Gasteiger partial charge in [0.05, 0.1) is 32.6 Å². The van der Waals surface area contributed by atoms with E-state index in [1.807, 2.05) is 24.3 Å². The van der Waals surface area contributed by atoms with Crippen LogP contribution >= 0.6 is 0 Å². The molecule has 142 valence electrons. The van der Waals surface area contributed by atoms with E-state index >= 15 is 0 Å². The van der Waals surface area contributed by atoms with E-state index in [0.29, 0.717) is 31.1 Å². The maximum atomic E-state index is 12.7. The van der Waals surface area contributed by atoms with Gasteiger partial charge in [-0.3, -0.25) is 9.69 Å². The molecular formula is C20H22N2O5. The number of hydrogen-bond donors (Lipinski definition) is 1. The molecule has 1 aromatic carbocycles. The Kier molecular flexibility index (Phi) is 5.13. The number of rotatable bonds is 6. The van der Waals surface area contributed by atoms with E-state index in [0.717, 1.165) is 24.2 Å². The van der Waals surface area contributed by atoms with Crippen molar-refractivity contribution in [2.24, 2.45) is 0 Å². The van der Waals surface area contributed by atoms with Crippen molar-refractivity contribution in [3.8, 4) is 5.75 Å². The van der Waals surface area contributed by atoms with Crippen LogP contribution in [-0.2, 0) is 4.74 Å². The molecule has 0 unspecified atom stereocenters. The number of nitrogens with one attached hydrogen (secondary N) is 1. The average Bonchev–Trinajstić information content (AvgIpc) is 3.38. The van der Waals surface area contributed by atoms with Crippen molar-refractivity contribution in [2.75, 3.05) is 40.0 Å². The number of morpholine rings is 1. The molecule has 0 bridgehead atoms. The lowest BCUT2D eigenvalue weighted by Gasteiger charge is -2.33. The van der Waals surface area contributed by atoms with E-state index in [9.17, 15) is 4.79 Å². The van der Waals surface area contributed by atoms with E-state index in [1.165, 1.54) is 0 Å². The second-order valence-electron chi connectivity index (χ2n) is 6.38. The summed E-state index contributed by atoms with van der Waals surface area (Å²) in [6.07, 6.45) is 1.65. The lowest BCUT2D eigenvalue weighted by Crippen LogP contribution is -2.43. The minimum atomic E-state index is -0.266. The highest BCUT2D eigenvalue weighted by atomic mass is 16.5. The predicted octanol–water partition coefficient (Wildman–Crippen LogP) is 2.84. The Bertz CT molecular complexity index is 896. The number of para-hydroxylation sites is 1. The van der Waals surface area contributed by atoms with E-state index in [2.05, 4.69) is 10.2 Å². The van der Waals surface area contributed by atoms with Crippen LogP contribution in [0.25, 0.3) is 11.0 Å². The Labute approximate surface area is 156 Å².